The van der Waals surface area contributed by atoms with Crippen LogP contribution in [0.1, 0.15) is 40.0 Å². The number of ether oxygens (including phenoxy) is 3. The number of benzene rings is 1. The molecule has 1 heterocycles. The van der Waals surface area contributed by atoms with E-state index < -0.39 is 35.3 Å². The Hall–Kier alpha value is -4.29. The van der Waals surface area contributed by atoms with E-state index >= 15 is 0 Å². The number of nitrogens with one attached hydrogen (secondary N) is 4. The number of rotatable bonds is 11. The Kier molecular flexibility index (Phi) is 10.3. The summed E-state index contributed by atoms with van der Waals surface area (Å²) in [7, 11) is 2.99. The van der Waals surface area contributed by atoms with Gasteiger partial charge < -0.3 is 30.0 Å². The summed E-state index contributed by atoms with van der Waals surface area (Å²) in [6.07, 6.45) is 0.190. The van der Waals surface area contributed by atoms with Gasteiger partial charge in [-0.15, -0.1) is 0 Å². The van der Waals surface area contributed by atoms with Gasteiger partial charge in [0, 0.05) is 18.2 Å². The molecule has 13 heteroatoms. The number of hydrogen-bond acceptors (Lipinski definition) is 8. The molecular weight excluding hydrogens is 486 g/mol. The molecule has 0 radical (unpaired) electrons. The highest BCUT2D eigenvalue weighted by atomic mass is 16.6. The summed E-state index contributed by atoms with van der Waals surface area (Å²) in [5.74, 6) is -0.247. The van der Waals surface area contributed by atoms with Crippen molar-refractivity contribution in [3.8, 4) is 22.8 Å². The second kappa shape index (κ2) is 13.1. The van der Waals surface area contributed by atoms with Gasteiger partial charge in [0.2, 0.25) is 5.95 Å². The lowest BCUT2D eigenvalue weighted by atomic mass is 10.1. The molecule has 3 amide bonds. The van der Waals surface area contributed by atoms with Gasteiger partial charge in [0.25, 0.3) is 5.56 Å². The Balaban J connectivity index is 1.90. The van der Waals surface area contributed by atoms with Crippen molar-refractivity contribution in [1.29, 1.82) is 0 Å². The molecule has 202 valence electrons. The second-order valence-corrected chi connectivity index (χ2v) is 8.96. The molecule has 0 saturated carbocycles. The number of aromatic amines is 1. The molecule has 0 aliphatic heterocycles. The number of aromatic nitrogens is 2. The first-order valence-corrected chi connectivity index (χ1v) is 11.5. The highest BCUT2D eigenvalue weighted by Crippen LogP contribution is 2.32. The maximum atomic E-state index is 12.3. The number of carboxylic acid groups (broad SMARTS) is 1. The monoisotopic (exact) mass is 519 g/mol. The average molecular weight is 520 g/mol. The number of aliphatic carboxylic acids is 1. The van der Waals surface area contributed by atoms with Gasteiger partial charge in [-0.25, -0.2) is 19.4 Å². The first kappa shape index (κ1) is 28.9. The average Bonchev–Trinajstić information content (AvgIpc) is 2.80. The summed E-state index contributed by atoms with van der Waals surface area (Å²) in [5.41, 5.74) is -0.456. The Labute approximate surface area is 213 Å². The van der Waals surface area contributed by atoms with Crippen LogP contribution in [0.25, 0.3) is 11.3 Å². The van der Waals surface area contributed by atoms with Gasteiger partial charge >= 0.3 is 18.1 Å². The van der Waals surface area contributed by atoms with Crippen LogP contribution in [-0.4, -0.2) is 65.6 Å². The molecule has 1 atom stereocenters. The summed E-state index contributed by atoms with van der Waals surface area (Å²) in [4.78, 5) is 54.4. The standard InChI is InChI=1S/C24H33N5O8/c1-24(2,3)37-23(34)27-16(20(31)32)8-6-7-11-25-22(33)29-21-26-17(13-19(30)28-21)15-12-14(35-4)9-10-18(15)36-5/h9-10,12-13,16H,6-8,11H2,1-5H3,(H,27,34)(H,31,32)(H3,25,26,28,29,30,33)/t16-/m0/s1. The Morgan fingerprint density at radius 1 is 1.11 bits per heavy atom. The summed E-state index contributed by atoms with van der Waals surface area (Å²) in [5, 5.41) is 16.7. The second-order valence-electron chi connectivity index (χ2n) is 8.96. The van der Waals surface area contributed by atoms with Crippen LogP contribution in [0.4, 0.5) is 15.5 Å². The number of H-pyrrole nitrogens is 1. The lowest BCUT2D eigenvalue weighted by molar-refractivity contribution is -0.139. The van der Waals surface area contributed by atoms with Gasteiger partial charge in [0.1, 0.15) is 23.1 Å². The maximum absolute atomic E-state index is 12.3. The number of anilines is 1. The summed E-state index contributed by atoms with van der Waals surface area (Å²) in [6.45, 7) is 5.25. The molecule has 0 unspecified atom stereocenters. The van der Waals surface area contributed by atoms with Crippen molar-refractivity contribution in [2.24, 2.45) is 0 Å². The first-order chi connectivity index (χ1) is 17.4. The van der Waals surface area contributed by atoms with Crippen molar-refractivity contribution in [3.05, 3.63) is 34.6 Å². The fourth-order valence-corrected chi connectivity index (χ4v) is 3.20. The molecule has 0 saturated heterocycles. The van der Waals surface area contributed by atoms with Crippen LogP contribution >= 0.6 is 0 Å². The van der Waals surface area contributed by atoms with E-state index in [9.17, 15) is 24.3 Å². The van der Waals surface area contributed by atoms with Crippen LogP contribution in [0.3, 0.4) is 0 Å². The summed E-state index contributed by atoms with van der Waals surface area (Å²) < 4.78 is 15.6. The van der Waals surface area contributed by atoms with Crippen molar-refractivity contribution in [2.75, 3.05) is 26.1 Å². The van der Waals surface area contributed by atoms with E-state index in [1.807, 2.05) is 0 Å². The number of amides is 3. The predicted octanol–water partition coefficient (Wildman–Crippen LogP) is 2.72. The van der Waals surface area contributed by atoms with Crippen LogP contribution in [0.5, 0.6) is 11.5 Å². The fourth-order valence-electron chi connectivity index (χ4n) is 3.20. The number of urea groups is 1. The number of methoxy groups -OCH3 is 2. The van der Waals surface area contributed by atoms with Gasteiger partial charge in [-0.1, -0.05) is 0 Å². The minimum absolute atomic E-state index is 0.0719. The van der Waals surface area contributed by atoms with Crippen LogP contribution in [0.2, 0.25) is 0 Å². The molecule has 0 aliphatic carbocycles. The molecule has 37 heavy (non-hydrogen) atoms. The third-order valence-corrected chi connectivity index (χ3v) is 4.85. The Morgan fingerprint density at radius 2 is 1.84 bits per heavy atom. The highest BCUT2D eigenvalue weighted by molar-refractivity contribution is 5.87. The van der Waals surface area contributed by atoms with Crippen LogP contribution in [0.15, 0.2) is 29.1 Å². The predicted molar refractivity (Wildman–Crippen MR) is 135 cm³/mol. The minimum atomic E-state index is -1.18. The van der Waals surface area contributed by atoms with Gasteiger partial charge in [-0.2, -0.15) is 0 Å². The maximum Gasteiger partial charge on any atom is 0.408 e. The number of carbonyl (C=O) groups excluding carboxylic acids is 2. The van der Waals surface area contributed by atoms with E-state index in [0.717, 1.165) is 0 Å². The molecule has 0 spiro atoms. The van der Waals surface area contributed by atoms with Crippen molar-refractivity contribution < 1.29 is 33.7 Å². The first-order valence-electron chi connectivity index (χ1n) is 11.5. The minimum Gasteiger partial charge on any atom is -0.497 e. The van der Waals surface area contributed by atoms with Crippen LogP contribution in [-0.2, 0) is 9.53 Å². The molecule has 0 bridgehead atoms. The molecular formula is C24H33N5O8. The number of nitrogens with zero attached hydrogens (tertiary/aromatic N) is 1. The smallest absolute Gasteiger partial charge is 0.408 e. The zero-order valence-corrected chi connectivity index (χ0v) is 21.5. The molecule has 13 nitrogen and oxygen atoms in total. The van der Waals surface area contributed by atoms with Gasteiger partial charge in [-0.05, 0) is 58.2 Å². The zero-order chi connectivity index (χ0) is 27.6. The third kappa shape index (κ3) is 9.70. The highest BCUT2D eigenvalue weighted by Gasteiger charge is 2.23. The SMILES string of the molecule is COc1ccc(OC)c(-c2cc(=O)[nH]c(NC(=O)NCCCC[C@H](NC(=O)OC(C)(C)C)C(=O)O)n2)c1. The molecule has 0 fully saturated rings. The van der Waals surface area contributed by atoms with E-state index in [1.54, 1.807) is 39.0 Å². The van der Waals surface area contributed by atoms with Gasteiger partial charge in [-0.3, -0.25) is 15.1 Å². The number of hydrogen-bond donors (Lipinski definition) is 5. The lowest BCUT2D eigenvalue weighted by Crippen LogP contribution is -2.43. The molecule has 2 rings (SSSR count). The number of unbranched alkanes of at least 4 members (excludes halogenated alkanes) is 1. The molecule has 0 aliphatic rings. The van der Waals surface area contributed by atoms with Gasteiger partial charge in [0.05, 0.1) is 19.9 Å². The van der Waals surface area contributed by atoms with Crippen molar-refractivity contribution >= 4 is 24.0 Å². The number of carbonyl (C=O) groups is 3. The molecule has 2 aromatic rings. The van der Waals surface area contributed by atoms with E-state index in [4.69, 9.17) is 14.2 Å². The topological polar surface area (TPSA) is 181 Å². The Bertz CT molecular complexity index is 1160. The normalized spacial score (nSPS) is 11.7. The zero-order valence-electron chi connectivity index (χ0n) is 21.5. The third-order valence-electron chi connectivity index (χ3n) is 4.85. The number of carboxylic acids is 1. The molecule has 1 aromatic carbocycles. The Morgan fingerprint density at radius 3 is 2.46 bits per heavy atom. The van der Waals surface area contributed by atoms with Crippen molar-refractivity contribution in [2.45, 2.75) is 51.7 Å². The van der Waals surface area contributed by atoms with Crippen LogP contribution in [0, 0.1) is 0 Å². The van der Waals surface area contributed by atoms with Crippen molar-refractivity contribution in [1.82, 2.24) is 20.6 Å². The quantitative estimate of drug-likeness (QED) is 0.279. The van der Waals surface area contributed by atoms with Crippen LogP contribution < -0.4 is 31.0 Å². The summed E-state index contributed by atoms with van der Waals surface area (Å²) in [6, 6.07) is 4.58. The van der Waals surface area contributed by atoms with E-state index in [0.29, 0.717) is 29.9 Å². The van der Waals surface area contributed by atoms with E-state index in [2.05, 4.69) is 25.9 Å². The fraction of sp³-hybridized carbons (Fsp3) is 0.458. The van der Waals surface area contributed by atoms with E-state index in [-0.39, 0.29) is 24.6 Å². The van der Waals surface area contributed by atoms with Gasteiger partial charge in [0.15, 0.2) is 0 Å². The van der Waals surface area contributed by atoms with E-state index in [1.165, 1.54) is 20.3 Å². The largest absolute Gasteiger partial charge is 0.497 e. The summed E-state index contributed by atoms with van der Waals surface area (Å²) >= 11 is 0. The molecule has 5 N–H and O–H groups in total. The van der Waals surface area contributed by atoms with Crippen molar-refractivity contribution in [3.63, 3.8) is 0 Å². The lowest BCUT2D eigenvalue weighted by Gasteiger charge is -2.22. The molecule has 1 aromatic heterocycles. The number of alkyl carbamates (subject to hydrolysis) is 1.